The molecule has 0 heterocycles. The molecule has 2 atom stereocenters. The molecule has 3 aromatic carbocycles. The first-order chi connectivity index (χ1) is 18.5. The number of ketones is 1. The predicted octanol–water partition coefficient (Wildman–Crippen LogP) is 5.93. The Labute approximate surface area is 223 Å². The van der Waals surface area contributed by atoms with Gasteiger partial charge in [-0.25, -0.2) is 9.59 Å². The highest BCUT2D eigenvalue weighted by Gasteiger charge is 2.30. The Hall–Kier alpha value is -3.93. The van der Waals surface area contributed by atoms with Crippen LogP contribution in [0.1, 0.15) is 66.7 Å². The van der Waals surface area contributed by atoms with Gasteiger partial charge >= 0.3 is 12.1 Å². The predicted molar refractivity (Wildman–Crippen MR) is 145 cm³/mol. The number of amides is 1. The second kappa shape index (κ2) is 11.6. The standard InChI is InChI=1S/C32H33NO5/c1-2-37-31(35)30(18-17-23(34)19-22-16-15-21-9-3-4-10-24(21)22)33-32(36)38-20-29-27-13-7-5-11-25(27)26-12-6-8-14-28(26)29/h3-14,22,29-30H,2,15-20H2,1H3,(H,33,36)/t22-,30-/m0/s1. The summed E-state index contributed by atoms with van der Waals surface area (Å²) < 4.78 is 10.8. The molecule has 196 valence electrons. The van der Waals surface area contributed by atoms with Crippen molar-refractivity contribution in [2.75, 3.05) is 13.2 Å². The fourth-order valence-electron chi connectivity index (χ4n) is 5.81. The lowest BCUT2D eigenvalue weighted by Crippen LogP contribution is -2.42. The fraction of sp³-hybridized carbons (Fsp3) is 0.344. The number of rotatable bonds is 10. The summed E-state index contributed by atoms with van der Waals surface area (Å²) in [5.41, 5.74) is 7.08. The molecule has 0 saturated heterocycles. The molecule has 0 saturated carbocycles. The number of carbonyl (C=O) groups is 3. The van der Waals surface area contributed by atoms with E-state index in [1.54, 1.807) is 6.92 Å². The zero-order chi connectivity index (χ0) is 26.5. The minimum atomic E-state index is -0.939. The SMILES string of the molecule is CCOC(=O)[C@H](CCC(=O)C[C@@H]1CCc2ccccc21)NC(=O)OCC1c2ccccc2-c2ccccc21. The number of benzene rings is 3. The summed E-state index contributed by atoms with van der Waals surface area (Å²) in [5, 5.41) is 2.65. The number of hydrogen-bond acceptors (Lipinski definition) is 5. The van der Waals surface area contributed by atoms with Crippen molar-refractivity contribution in [1.29, 1.82) is 0 Å². The molecule has 0 radical (unpaired) electrons. The molecule has 2 aliphatic carbocycles. The van der Waals surface area contributed by atoms with Gasteiger partial charge in [0.15, 0.2) is 0 Å². The summed E-state index contributed by atoms with van der Waals surface area (Å²) in [4.78, 5) is 38.2. The van der Waals surface area contributed by atoms with E-state index in [1.807, 2.05) is 36.4 Å². The van der Waals surface area contributed by atoms with Gasteiger partial charge in [0, 0.05) is 18.8 Å². The lowest BCUT2D eigenvalue weighted by Gasteiger charge is -2.19. The van der Waals surface area contributed by atoms with Crippen molar-refractivity contribution in [3.05, 3.63) is 95.1 Å². The molecular formula is C32H33NO5. The zero-order valence-corrected chi connectivity index (χ0v) is 21.7. The summed E-state index contributed by atoms with van der Waals surface area (Å²) >= 11 is 0. The van der Waals surface area contributed by atoms with E-state index in [1.165, 1.54) is 11.1 Å². The third-order valence-electron chi connectivity index (χ3n) is 7.65. The van der Waals surface area contributed by atoms with E-state index in [4.69, 9.17) is 9.47 Å². The molecule has 3 aromatic rings. The molecule has 38 heavy (non-hydrogen) atoms. The van der Waals surface area contributed by atoms with Gasteiger partial charge in [0.05, 0.1) is 6.61 Å². The molecule has 0 bridgehead atoms. The van der Waals surface area contributed by atoms with E-state index in [9.17, 15) is 14.4 Å². The number of nitrogens with one attached hydrogen (secondary N) is 1. The Morgan fingerprint density at radius 3 is 2.18 bits per heavy atom. The molecule has 6 nitrogen and oxygen atoms in total. The molecule has 0 fully saturated rings. The van der Waals surface area contributed by atoms with Crippen molar-refractivity contribution in [1.82, 2.24) is 5.32 Å². The zero-order valence-electron chi connectivity index (χ0n) is 21.7. The fourth-order valence-corrected chi connectivity index (χ4v) is 5.81. The van der Waals surface area contributed by atoms with Crippen LogP contribution in [-0.2, 0) is 25.5 Å². The van der Waals surface area contributed by atoms with E-state index in [2.05, 4.69) is 41.7 Å². The van der Waals surface area contributed by atoms with Crippen LogP contribution in [0.5, 0.6) is 0 Å². The van der Waals surface area contributed by atoms with Crippen LogP contribution in [0.25, 0.3) is 11.1 Å². The van der Waals surface area contributed by atoms with Gasteiger partial charge in [-0.05, 0) is 65.5 Å². The van der Waals surface area contributed by atoms with Gasteiger partial charge in [-0.15, -0.1) is 0 Å². The quantitative estimate of drug-likeness (QED) is 0.342. The molecule has 6 heteroatoms. The molecule has 1 amide bonds. The molecule has 2 aliphatic rings. The lowest BCUT2D eigenvalue weighted by atomic mass is 9.93. The first-order valence-electron chi connectivity index (χ1n) is 13.4. The second-order valence-corrected chi connectivity index (χ2v) is 9.99. The Bertz CT molecular complexity index is 1290. The number of alkyl carbamates (subject to hydrolysis) is 1. The van der Waals surface area contributed by atoms with Crippen molar-refractivity contribution in [2.45, 2.75) is 56.9 Å². The molecule has 1 N–H and O–H groups in total. The minimum Gasteiger partial charge on any atom is -0.464 e. The summed E-state index contributed by atoms with van der Waals surface area (Å²) in [7, 11) is 0. The normalized spacial score (nSPS) is 16.2. The van der Waals surface area contributed by atoms with E-state index >= 15 is 0 Å². The number of esters is 1. The molecule has 0 unspecified atom stereocenters. The molecule has 0 aromatic heterocycles. The third-order valence-corrected chi connectivity index (χ3v) is 7.65. The summed E-state index contributed by atoms with van der Waals surface area (Å²) in [6, 6.07) is 23.5. The van der Waals surface area contributed by atoms with Gasteiger partial charge in [0.1, 0.15) is 18.4 Å². The van der Waals surface area contributed by atoms with Crippen molar-refractivity contribution < 1.29 is 23.9 Å². The van der Waals surface area contributed by atoms with Crippen LogP contribution in [0.4, 0.5) is 4.79 Å². The van der Waals surface area contributed by atoms with Gasteiger partial charge in [0.25, 0.3) is 0 Å². The van der Waals surface area contributed by atoms with Gasteiger partial charge in [-0.2, -0.15) is 0 Å². The van der Waals surface area contributed by atoms with Crippen LogP contribution < -0.4 is 5.32 Å². The van der Waals surface area contributed by atoms with Gasteiger partial charge < -0.3 is 14.8 Å². The van der Waals surface area contributed by atoms with Crippen LogP contribution >= 0.6 is 0 Å². The highest BCUT2D eigenvalue weighted by atomic mass is 16.6. The van der Waals surface area contributed by atoms with E-state index in [0.717, 1.165) is 35.1 Å². The highest BCUT2D eigenvalue weighted by Crippen LogP contribution is 2.44. The van der Waals surface area contributed by atoms with Crippen molar-refractivity contribution in [2.24, 2.45) is 0 Å². The van der Waals surface area contributed by atoms with Crippen LogP contribution in [0.15, 0.2) is 72.8 Å². The number of hydrogen-bond donors (Lipinski definition) is 1. The minimum absolute atomic E-state index is 0.0786. The number of Topliss-reactive ketones (excluding diaryl/α,β-unsaturated/α-hetero) is 1. The smallest absolute Gasteiger partial charge is 0.407 e. The van der Waals surface area contributed by atoms with Crippen molar-refractivity contribution >= 4 is 17.8 Å². The summed E-state index contributed by atoms with van der Waals surface area (Å²) in [5.74, 6) is -0.338. The van der Waals surface area contributed by atoms with E-state index < -0.39 is 18.1 Å². The number of fused-ring (bicyclic) bond motifs is 4. The Kier molecular flexibility index (Phi) is 7.87. The maximum absolute atomic E-state index is 12.8. The van der Waals surface area contributed by atoms with Crippen molar-refractivity contribution in [3.63, 3.8) is 0 Å². The van der Waals surface area contributed by atoms with Gasteiger partial charge in [-0.1, -0.05) is 72.8 Å². The first-order valence-corrected chi connectivity index (χ1v) is 13.4. The largest absolute Gasteiger partial charge is 0.464 e. The van der Waals surface area contributed by atoms with Crippen LogP contribution in [-0.4, -0.2) is 37.1 Å². The monoisotopic (exact) mass is 511 g/mol. The van der Waals surface area contributed by atoms with Gasteiger partial charge in [-0.3, -0.25) is 4.79 Å². The van der Waals surface area contributed by atoms with E-state index in [0.29, 0.717) is 6.42 Å². The maximum atomic E-state index is 12.8. The Morgan fingerprint density at radius 2 is 1.50 bits per heavy atom. The van der Waals surface area contributed by atoms with Crippen LogP contribution in [0.2, 0.25) is 0 Å². The number of aryl methyl sites for hydroxylation is 1. The first kappa shape index (κ1) is 25.7. The Morgan fingerprint density at radius 1 is 0.868 bits per heavy atom. The second-order valence-electron chi connectivity index (χ2n) is 9.99. The average molecular weight is 512 g/mol. The van der Waals surface area contributed by atoms with E-state index in [-0.39, 0.29) is 43.7 Å². The highest BCUT2D eigenvalue weighted by molar-refractivity contribution is 5.84. The average Bonchev–Trinajstić information content (AvgIpc) is 3.49. The summed E-state index contributed by atoms with van der Waals surface area (Å²) in [6.45, 7) is 2.05. The maximum Gasteiger partial charge on any atom is 0.407 e. The molecular weight excluding hydrogens is 478 g/mol. The molecule has 5 rings (SSSR count). The topological polar surface area (TPSA) is 81.7 Å². The van der Waals surface area contributed by atoms with Crippen LogP contribution in [0.3, 0.4) is 0 Å². The summed E-state index contributed by atoms with van der Waals surface area (Å²) in [6.07, 6.45) is 2.06. The number of ether oxygens (including phenoxy) is 2. The molecule has 0 spiro atoms. The molecule has 0 aliphatic heterocycles. The van der Waals surface area contributed by atoms with Crippen molar-refractivity contribution in [3.8, 4) is 11.1 Å². The lowest BCUT2D eigenvalue weighted by molar-refractivity contribution is -0.145. The Balaban J connectivity index is 1.17. The number of carbonyl (C=O) groups excluding carboxylic acids is 3. The third kappa shape index (κ3) is 5.49. The van der Waals surface area contributed by atoms with Gasteiger partial charge in [0.2, 0.25) is 0 Å². The van der Waals surface area contributed by atoms with Crippen LogP contribution in [0, 0.1) is 0 Å².